The zero-order chi connectivity index (χ0) is 12.6. The van der Waals surface area contributed by atoms with Gasteiger partial charge in [-0.3, -0.25) is 0 Å². The van der Waals surface area contributed by atoms with Crippen LogP contribution in [0.5, 0.6) is 0 Å². The number of hydrogen-bond acceptors (Lipinski definition) is 4. The molecule has 4 nitrogen and oxygen atoms in total. The van der Waals surface area contributed by atoms with E-state index < -0.39 is 0 Å². The number of rotatable bonds is 14. The van der Waals surface area contributed by atoms with Gasteiger partial charge in [0.25, 0.3) is 0 Å². The molecule has 0 aliphatic rings. The highest BCUT2D eigenvalue weighted by Gasteiger charge is 1.90. The molecule has 0 unspecified atom stereocenters. The monoisotopic (exact) mass is 244 g/mol. The van der Waals surface area contributed by atoms with Crippen molar-refractivity contribution in [3.63, 3.8) is 0 Å². The van der Waals surface area contributed by atoms with E-state index in [2.05, 4.69) is 35.1 Å². The molecule has 0 aromatic rings. The average molecular weight is 244 g/mol. The van der Waals surface area contributed by atoms with Gasteiger partial charge in [0.15, 0.2) is 0 Å². The SMILES string of the molecule is CCNCCCNCCCNCCCNCC. The van der Waals surface area contributed by atoms with Gasteiger partial charge in [-0.25, -0.2) is 0 Å². The summed E-state index contributed by atoms with van der Waals surface area (Å²) in [7, 11) is 0. The summed E-state index contributed by atoms with van der Waals surface area (Å²) < 4.78 is 0. The van der Waals surface area contributed by atoms with Crippen molar-refractivity contribution in [3.8, 4) is 0 Å². The Morgan fingerprint density at radius 2 is 0.765 bits per heavy atom. The van der Waals surface area contributed by atoms with Gasteiger partial charge in [0.1, 0.15) is 0 Å². The van der Waals surface area contributed by atoms with Crippen molar-refractivity contribution >= 4 is 0 Å². The van der Waals surface area contributed by atoms with Gasteiger partial charge in [-0.15, -0.1) is 0 Å². The van der Waals surface area contributed by atoms with Crippen molar-refractivity contribution in [3.05, 3.63) is 0 Å². The minimum atomic E-state index is 1.08. The first kappa shape index (κ1) is 16.8. The molecule has 0 radical (unpaired) electrons. The molecule has 0 heterocycles. The van der Waals surface area contributed by atoms with Gasteiger partial charge < -0.3 is 21.3 Å². The summed E-state index contributed by atoms with van der Waals surface area (Å²) in [5, 5.41) is 13.6. The minimum Gasteiger partial charge on any atom is -0.317 e. The molecule has 0 spiro atoms. The van der Waals surface area contributed by atoms with E-state index in [0.717, 1.165) is 52.4 Å². The Bertz CT molecular complexity index is 117. The molecule has 0 aliphatic carbocycles. The molecule has 4 N–H and O–H groups in total. The molecule has 0 bridgehead atoms. The van der Waals surface area contributed by atoms with E-state index in [1.807, 2.05) is 0 Å². The summed E-state index contributed by atoms with van der Waals surface area (Å²) in [6, 6.07) is 0. The van der Waals surface area contributed by atoms with Crippen molar-refractivity contribution in [1.29, 1.82) is 0 Å². The van der Waals surface area contributed by atoms with Gasteiger partial charge in [0.2, 0.25) is 0 Å². The zero-order valence-corrected chi connectivity index (χ0v) is 11.8. The molecule has 104 valence electrons. The first-order valence-corrected chi connectivity index (χ1v) is 7.24. The van der Waals surface area contributed by atoms with Crippen LogP contribution in [0.4, 0.5) is 0 Å². The topological polar surface area (TPSA) is 48.1 Å². The van der Waals surface area contributed by atoms with Crippen LogP contribution >= 0.6 is 0 Å². The third-order valence-electron chi connectivity index (χ3n) is 2.62. The van der Waals surface area contributed by atoms with Crippen molar-refractivity contribution in [1.82, 2.24) is 21.3 Å². The Balaban J connectivity index is 2.85. The number of nitrogens with one attached hydrogen (secondary N) is 4. The molecule has 17 heavy (non-hydrogen) atoms. The van der Waals surface area contributed by atoms with Crippen LogP contribution in [-0.4, -0.2) is 52.4 Å². The van der Waals surface area contributed by atoms with Gasteiger partial charge in [0.05, 0.1) is 0 Å². The molecule has 0 saturated heterocycles. The lowest BCUT2D eigenvalue weighted by Gasteiger charge is -2.07. The second kappa shape index (κ2) is 15.8. The van der Waals surface area contributed by atoms with Crippen LogP contribution in [0.1, 0.15) is 33.1 Å². The predicted molar refractivity (Wildman–Crippen MR) is 76.7 cm³/mol. The molecule has 0 aromatic carbocycles. The van der Waals surface area contributed by atoms with Gasteiger partial charge in [-0.1, -0.05) is 13.8 Å². The van der Waals surface area contributed by atoms with E-state index in [9.17, 15) is 0 Å². The summed E-state index contributed by atoms with van der Waals surface area (Å²) in [4.78, 5) is 0. The molecule has 0 rings (SSSR count). The quantitative estimate of drug-likeness (QED) is 0.337. The third kappa shape index (κ3) is 15.8. The van der Waals surface area contributed by atoms with Crippen molar-refractivity contribution in [2.45, 2.75) is 33.1 Å². The van der Waals surface area contributed by atoms with Gasteiger partial charge >= 0.3 is 0 Å². The molecular weight excluding hydrogens is 212 g/mol. The second-order valence-corrected chi connectivity index (χ2v) is 4.27. The molecule has 0 aliphatic heterocycles. The second-order valence-electron chi connectivity index (χ2n) is 4.27. The van der Waals surface area contributed by atoms with E-state index in [4.69, 9.17) is 0 Å². The molecule has 0 amide bonds. The Kier molecular flexibility index (Phi) is 15.7. The fourth-order valence-corrected chi connectivity index (χ4v) is 1.62. The fraction of sp³-hybridized carbons (Fsp3) is 1.00. The Morgan fingerprint density at radius 1 is 0.471 bits per heavy atom. The Hall–Kier alpha value is -0.160. The summed E-state index contributed by atoms with van der Waals surface area (Å²) in [6.07, 6.45) is 3.68. The first-order chi connectivity index (χ1) is 8.41. The van der Waals surface area contributed by atoms with Crippen LogP contribution in [-0.2, 0) is 0 Å². The maximum Gasteiger partial charge on any atom is -0.00368 e. The highest BCUT2D eigenvalue weighted by molar-refractivity contribution is 4.54. The maximum absolute atomic E-state index is 3.46. The van der Waals surface area contributed by atoms with E-state index in [0.29, 0.717) is 0 Å². The Labute approximate surface area is 107 Å². The van der Waals surface area contributed by atoms with Gasteiger partial charge in [-0.05, 0) is 71.6 Å². The largest absolute Gasteiger partial charge is 0.317 e. The fourth-order valence-electron chi connectivity index (χ4n) is 1.62. The first-order valence-electron chi connectivity index (χ1n) is 7.24. The van der Waals surface area contributed by atoms with Gasteiger partial charge in [0, 0.05) is 0 Å². The summed E-state index contributed by atoms with van der Waals surface area (Å²) in [5.41, 5.74) is 0. The van der Waals surface area contributed by atoms with E-state index in [-0.39, 0.29) is 0 Å². The molecular formula is C13H32N4. The normalized spacial score (nSPS) is 10.9. The Morgan fingerprint density at radius 3 is 1.06 bits per heavy atom. The van der Waals surface area contributed by atoms with E-state index >= 15 is 0 Å². The minimum absolute atomic E-state index is 1.08. The molecule has 4 heteroatoms. The zero-order valence-electron chi connectivity index (χ0n) is 11.8. The van der Waals surface area contributed by atoms with Crippen LogP contribution in [0.15, 0.2) is 0 Å². The molecule has 0 fully saturated rings. The summed E-state index contributed by atoms with van der Waals surface area (Å²) in [6.45, 7) is 13.2. The maximum atomic E-state index is 3.46. The molecule has 0 aromatic heterocycles. The lowest BCUT2D eigenvalue weighted by atomic mass is 10.3. The lowest BCUT2D eigenvalue weighted by Crippen LogP contribution is -2.26. The van der Waals surface area contributed by atoms with Crippen LogP contribution in [0, 0.1) is 0 Å². The average Bonchev–Trinajstić information content (AvgIpc) is 2.35. The van der Waals surface area contributed by atoms with Crippen LogP contribution in [0.25, 0.3) is 0 Å². The van der Waals surface area contributed by atoms with Gasteiger partial charge in [-0.2, -0.15) is 0 Å². The summed E-state index contributed by atoms with van der Waals surface area (Å²) >= 11 is 0. The lowest BCUT2D eigenvalue weighted by molar-refractivity contribution is 0.557. The van der Waals surface area contributed by atoms with Crippen LogP contribution in [0.3, 0.4) is 0 Å². The van der Waals surface area contributed by atoms with Crippen LogP contribution in [0.2, 0.25) is 0 Å². The highest BCUT2D eigenvalue weighted by Crippen LogP contribution is 1.78. The smallest absolute Gasteiger partial charge is 0.00368 e. The van der Waals surface area contributed by atoms with Crippen molar-refractivity contribution in [2.75, 3.05) is 52.4 Å². The number of hydrogen-bond donors (Lipinski definition) is 4. The van der Waals surface area contributed by atoms with Crippen molar-refractivity contribution in [2.24, 2.45) is 0 Å². The predicted octanol–water partition coefficient (Wildman–Crippen LogP) is 0.555. The van der Waals surface area contributed by atoms with Crippen molar-refractivity contribution < 1.29 is 0 Å². The summed E-state index contributed by atoms with van der Waals surface area (Å²) in [5.74, 6) is 0. The van der Waals surface area contributed by atoms with E-state index in [1.54, 1.807) is 0 Å². The highest BCUT2D eigenvalue weighted by atomic mass is 14.9. The molecule has 0 atom stereocenters. The third-order valence-corrected chi connectivity index (χ3v) is 2.62. The molecule has 0 saturated carbocycles. The van der Waals surface area contributed by atoms with Crippen LogP contribution < -0.4 is 21.3 Å². The van der Waals surface area contributed by atoms with E-state index in [1.165, 1.54) is 19.3 Å². The standard InChI is InChI=1S/C13H32N4/c1-3-14-8-5-10-16-12-7-13-17-11-6-9-15-4-2/h14-17H,3-13H2,1-2H3.